The Morgan fingerprint density at radius 2 is 2.35 bits per heavy atom. The second-order valence-corrected chi connectivity index (χ2v) is 5.01. The van der Waals surface area contributed by atoms with Gasteiger partial charge in [0.15, 0.2) is 0 Å². The van der Waals surface area contributed by atoms with Gasteiger partial charge in [-0.15, -0.1) is 11.3 Å². The van der Waals surface area contributed by atoms with Gasteiger partial charge in [-0.3, -0.25) is 4.98 Å². The quantitative estimate of drug-likeness (QED) is 0.883. The fourth-order valence-electron chi connectivity index (χ4n) is 1.72. The van der Waals surface area contributed by atoms with Gasteiger partial charge in [0.1, 0.15) is 0 Å². The molecular weight excluding hydrogens is 230 g/mol. The van der Waals surface area contributed by atoms with Crippen LogP contribution in [0.4, 0.5) is 0 Å². The highest BCUT2D eigenvalue weighted by molar-refractivity contribution is 7.09. The summed E-state index contributed by atoms with van der Waals surface area (Å²) in [6, 6.07) is 4.42. The first-order valence-corrected chi connectivity index (χ1v) is 6.67. The van der Waals surface area contributed by atoms with Crippen molar-refractivity contribution in [3.05, 3.63) is 46.2 Å². The average Bonchev–Trinajstić information content (AvgIpc) is 2.76. The predicted molar refractivity (Wildman–Crippen MR) is 71.2 cm³/mol. The first-order chi connectivity index (χ1) is 8.27. The van der Waals surface area contributed by atoms with Crippen LogP contribution in [0.2, 0.25) is 0 Å². The summed E-state index contributed by atoms with van der Waals surface area (Å²) >= 11 is 1.73. The molecule has 3 nitrogen and oxygen atoms in total. The van der Waals surface area contributed by atoms with Gasteiger partial charge >= 0.3 is 0 Å². The second-order valence-electron chi connectivity index (χ2n) is 4.07. The van der Waals surface area contributed by atoms with Gasteiger partial charge in [-0.05, 0) is 31.9 Å². The highest BCUT2D eigenvalue weighted by Gasteiger charge is 2.05. The smallest absolute Gasteiger partial charge is 0.0797 e. The third-order valence-corrected chi connectivity index (χ3v) is 3.83. The number of hydrogen-bond donors (Lipinski definition) is 1. The Morgan fingerprint density at radius 3 is 3.00 bits per heavy atom. The summed E-state index contributed by atoms with van der Waals surface area (Å²) in [4.78, 5) is 9.75. The van der Waals surface area contributed by atoms with Crippen molar-refractivity contribution in [3.8, 4) is 0 Å². The zero-order valence-electron chi connectivity index (χ0n) is 10.2. The number of rotatable bonds is 5. The highest BCUT2D eigenvalue weighted by atomic mass is 32.1. The van der Waals surface area contributed by atoms with Gasteiger partial charge in [0.2, 0.25) is 0 Å². The molecule has 0 bridgehead atoms. The molecule has 1 atom stereocenters. The van der Waals surface area contributed by atoms with Crippen molar-refractivity contribution in [3.63, 3.8) is 0 Å². The van der Waals surface area contributed by atoms with E-state index in [1.807, 2.05) is 17.8 Å². The summed E-state index contributed by atoms with van der Waals surface area (Å²) in [6.45, 7) is 5.20. The third-order valence-electron chi connectivity index (χ3n) is 2.83. The van der Waals surface area contributed by atoms with Gasteiger partial charge < -0.3 is 5.32 Å². The topological polar surface area (TPSA) is 37.8 Å². The normalized spacial score (nSPS) is 12.6. The van der Waals surface area contributed by atoms with Crippen LogP contribution in [-0.2, 0) is 6.42 Å². The van der Waals surface area contributed by atoms with Crippen LogP contribution < -0.4 is 5.32 Å². The summed E-state index contributed by atoms with van der Waals surface area (Å²) in [5.41, 5.74) is 4.30. The molecular formula is C13H17N3S. The van der Waals surface area contributed by atoms with E-state index < -0.39 is 0 Å². The molecule has 0 unspecified atom stereocenters. The van der Waals surface area contributed by atoms with E-state index >= 15 is 0 Å². The summed E-state index contributed by atoms with van der Waals surface area (Å²) in [7, 11) is 0. The second kappa shape index (κ2) is 5.89. The van der Waals surface area contributed by atoms with Crippen molar-refractivity contribution in [2.24, 2.45) is 0 Å². The van der Waals surface area contributed by atoms with Crippen LogP contribution in [0.3, 0.4) is 0 Å². The molecule has 0 amide bonds. The Hall–Kier alpha value is -1.26. The Labute approximate surface area is 106 Å². The Balaban J connectivity index is 1.81. The number of aromatic nitrogens is 2. The summed E-state index contributed by atoms with van der Waals surface area (Å²) in [5.74, 6) is 0. The van der Waals surface area contributed by atoms with Crippen LogP contribution in [0, 0.1) is 6.92 Å². The van der Waals surface area contributed by atoms with E-state index in [0.29, 0.717) is 6.04 Å². The maximum atomic E-state index is 4.25. The van der Waals surface area contributed by atoms with E-state index in [4.69, 9.17) is 0 Å². The largest absolute Gasteiger partial charge is 0.310 e. The third kappa shape index (κ3) is 3.35. The molecule has 2 heterocycles. The highest BCUT2D eigenvalue weighted by Crippen LogP contribution is 2.13. The van der Waals surface area contributed by atoms with Crippen molar-refractivity contribution in [2.75, 3.05) is 6.54 Å². The molecule has 0 aromatic carbocycles. The first-order valence-electron chi connectivity index (χ1n) is 5.79. The van der Waals surface area contributed by atoms with E-state index in [1.165, 1.54) is 10.4 Å². The van der Waals surface area contributed by atoms with Crippen molar-refractivity contribution in [1.29, 1.82) is 0 Å². The lowest BCUT2D eigenvalue weighted by atomic mass is 10.1. The minimum atomic E-state index is 0.344. The zero-order chi connectivity index (χ0) is 12.1. The average molecular weight is 247 g/mol. The molecule has 2 rings (SSSR count). The van der Waals surface area contributed by atoms with Gasteiger partial charge in [0.25, 0.3) is 0 Å². The van der Waals surface area contributed by atoms with Gasteiger partial charge in [-0.25, -0.2) is 4.98 Å². The maximum Gasteiger partial charge on any atom is 0.0797 e. The number of hydrogen-bond acceptors (Lipinski definition) is 4. The fourth-order valence-corrected chi connectivity index (χ4v) is 2.50. The van der Waals surface area contributed by atoms with Gasteiger partial charge in [-0.2, -0.15) is 0 Å². The SMILES string of the molecule is Cc1ncsc1CCN[C@@H](C)c1cccnc1. The molecule has 0 aliphatic carbocycles. The van der Waals surface area contributed by atoms with Crippen molar-refractivity contribution >= 4 is 11.3 Å². The van der Waals surface area contributed by atoms with Crippen molar-refractivity contribution in [1.82, 2.24) is 15.3 Å². The minimum Gasteiger partial charge on any atom is -0.310 e. The van der Waals surface area contributed by atoms with Gasteiger partial charge in [0.05, 0.1) is 11.2 Å². The lowest BCUT2D eigenvalue weighted by molar-refractivity contribution is 0.576. The molecule has 0 spiro atoms. The maximum absolute atomic E-state index is 4.25. The molecule has 2 aromatic heterocycles. The zero-order valence-corrected chi connectivity index (χ0v) is 11.0. The van der Waals surface area contributed by atoms with Crippen molar-refractivity contribution < 1.29 is 0 Å². The monoisotopic (exact) mass is 247 g/mol. The van der Waals surface area contributed by atoms with Crippen molar-refractivity contribution in [2.45, 2.75) is 26.3 Å². The summed E-state index contributed by atoms with van der Waals surface area (Å²) in [5, 5.41) is 3.50. The molecule has 1 N–H and O–H groups in total. The van der Waals surface area contributed by atoms with E-state index in [9.17, 15) is 0 Å². The van der Waals surface area contributed by atoms with Crippen LogP contribution in [0.25, 0.3) is 0 Å². The molecule has 4 heteroatoms. The number of nitrogens with one attached hydrogen (secondary N) is 1. The molecule has 17 heavy (non-hydrogen) atoms. The lowest BCUT2D eigenvalue weighted by Gasteiger charge is -2.13. The number of nitrogens with zero attached hydrogens (tertiary/aromatic N) is 2. The Kier molecular flexibility index (Phi) is 4.23. The molecule has 0 fully saturated rings. The Morgan fingerprint density at radius 1 is 1.47 bits per heavy atom. The Bertz CT molecular complexity index is 453. The number of aryl methyl sites for hydroxylation is 1. The minimum absolute atomic E-state index is 0.344. The van der Waals surface area contributed by atoms with Gasteiger partial charge in [-0.1, -0.05) is 6.07 Å². The van der Waals surface area contributed by atoms with E-state index in [-0.39, 0.29) is 0 Å². The molecule has 90 valence electrons. The van der Waals surface area contributed by atoms with E-state index in [1.54, 1.807) is 17.5 Å². The first kappa shape index (κ1) is 12.2. The fraction of sp³-hybridized carbons (Fsp3) is 0.385. The van der Waals surface area contributed by atoms with E-state index in [2.05, 4.69) is 35.2 Å². The summed E-state index contributed by atoms with van der Waals surface area (Å²) in [6.07, 6.45) is 4.76. The standard InChI is InChI=1S/C13H17N3S/c1-10(12-4-3-6-14-8-12)15-7-5-13-11(2)16-9-17-13/h3-4,6,8-10,15H,5,7H2,1-2H3/t10-/m0/s1. The lowest BCUT2D eigenvalue weighted by Crippen LogP contribution is -2.21. The van der Waals surface area contributed by atoms with Gasteiger partial charge in [0, 0.05) is 29.9 Å². The van der Waals surface area contributed by atoms with Crippen LogP contribution in [0.5, 0.6) is 0 Å². The number of pyridine rings is 1. The van der Waals surface area contributed by atoms with Crippen LogP contribution in [0.15, 0.2) is 30.0 Å². The molecule has 0 saturated heterocycles. The van der Waals surface area contributed by atoms with Crippen LogP contribution in [0.1, 0.15) is 29.1 Å². The van der Waals surface area contributed by atoms with Crippen LogP contribution >= 0.6 is 11.3 Å². The molecule has 0 aliphatic rings. The van der Waals surface area contributed by atoms with Crippen LogP contribution in [-0.4, -0.2) is 16.5 Å². The number of thiazole rings is 1. The summed E-state index contributed by atoms with van der Waals surface area (Å²) < 4.78 is 0. The molecule has 2 aromatic rings. The molecule has 0 radical (unpaired) electrons. The predicted octanol–water partition coefficient (Wildman–Crippen LogP) is 2.74. The van der Waals surface area contributed by atoms with E-state index in [0.717, 1.165) is 18.7 Å². The molecule has 0 saturated carbocycles. The molecule has 0 aliphatic heterocycles.